The highest BCUT2D eigenvalue weighted by molar-refractivity contribution is 7.85. The molecule has 0 unspecified atom stereocenters. The zero-order valence-electron chi connectivity index (χ0n) is 34.5. The molecule has 0 heterocycles. The molecule has 0 amide bonds. The zero-order valence-corrected chi connectivity index (χ0v) is 35.3. The van der Waals surface area contributed by atoms with Gasteiger partial charge < -0.3 is 9.47 Å². The van der Waals surface area contributed by atoms with Gasteiger partial charge in [0.25, 0.3) is 10.1 Å². The fourth-order valence-corrected chi connectivity index (χ4v) is 7.08. The van der Waals surface area contributed by atoms with Crippen LogP contribution in [-0.2, 0) is 19.6 Å². The van der Waals surface area contributed by atoms with Crippen molar-refractivity contribution in [3.8, 4) is 0 Å². The van der Waals surface area contributed by atoms with Crippen LogP contribution in [0.1, 0.15) is 227 Å². The fourth-order valence-electron chi connectivity index (χ4n) is 6.57. The number of rotatable bonds is 37. The average Bonchev–Trinajstić information content (AvgIpc) is 3.16. The van der Waals surface area contributed by atoms with E-state index >= 15 is 0 Å². The minimum atomic E-state index is -4.57. The van der Waals surface area contributed by atoms with Gasteiger partial charge in [0.1, 0.15) is 0 Å². The smallest absolute Gasteiger partial charge is 0.339 e. The third-order valence-corrected chi connectivity index (χ3v) is 10.9. The van der Waals surface area contributed by atoms with Crippen molar-refractivity contribution in [1.82, 2.24) is 0 Å². The molecule has 0 atom stereocenters. The maximum absolute atomic E-state index is 12.9. The van der Waals surface area contributed by atoms with Crippen molar-refractivity contribution in [2.45, 2.75) is 211 Å². The minimum absolute atomic E-state index is 0.0679. The topological polar surface area (TPSA) is 107 Å². The minimum Gasteiger partial charge on any atom is -0.462 e. The molecule has 310 valence electrons. The van der Waals surface area contributed by atoms with E-state index in [2.05, 4.69) is 38.2 Å². The summed E-state index contributed by atoms with van der Waals surface area (Å²) in [5.41, 5.74) is -0.286. The van der Waals surface area contributed by atoms with Gasteiger partial charge in [0, 0.05) is 0 Å². The van der Waals surface area contributed by atoms with E-state index in [0.717, 1.165) is 76.3 Å². The molecule has 7 nitrogen and oxygen atoms in total. The maximum atomic E-state index is 12.9. The number of hydrogen-bond acceptors (Lipinski definition) is 6. The van der Waals surface area contributed by atoms with Crippen LogP contribution >= 0.6 is 0 Å². The highest BCUT2D eigenvalue weighted by Crippen LogP contribution is 2.20. The van der Waals surface area contributed by atoms with Crippen LogP contribution in [-0.4, -0.2) is 38.1 Å². The Morgan fingerprint density at radius 3 is 1.15 bits per heavy atom. The summed E-state index contributed by atoms with van der Waals surface area (Å²) in [5.74, 6) is -1.52. The van der Waals surface area contributed by atoms with E-state index in [1.165, 1.54) is 122 Å². The largest absolute Gasteiger partial charge is 0.462 e. The molecule has 0 saturated heterocycles. The number of esters is 2. The van der Waals surface area contributed by atoms with Gasteiger partial charge in [-0.1, -0.05) is 167 Å². The van der Waals surface area contributed by atoms with Crippen molar-refractivity contribution < 1.29 is 32.0 Å². The Balaban J connectivity index is 2.24. The maximum Gasteiger partial charge on any atom is 0.339 e. The molecule has 1 aromatic rings. The third-order valence-electron chi connectivity index (χ3n) is 10.0. The van der Waals surface area contributed by atoms with Gasteiger partial charge in [0.05, 0.1) is 29.2 Å². The molecule has 1 rings (SSSR count). The normalized spacial score (nSPS) is 11.9. The van der Waals surface area contributed by atoms with Crippen molar-refractivity contribution in [3.63, 3.8) is 0 Å². The lowest BCUT2D eigenvalue weighted by Crippen LogP contribution is -2.16. The van der Waals surface area contributed by atoms with Gasteiger partial charge in [0.15, 0.2) is 0 Å². The number of unbranched alkanes of at least 4 members (excludes halogenated alkanes) is 26. The van der Waals surface area contributed by atoms with Crippen molar-refractivity contribution >= 4 is 22.1 Å². The van der Waals surface area contributed by atoms with Crippen molar-refractivity contribution in [2.75, 3.05) is 13.2 Å². The fraction of sp³-hybridized carbons (Fsp3) is 0.739. The Morgan fingerprint density at radius 1 is 0.481 bits per heavy atom. The van der Waals surface area contributed by atoms with Gasteiger partial charge in [-0.05, 0) is 82.4 Å². The second kappa shape index (κ2) is 35.0. The Kier molecular flexibility index (Phi) is 32.1. The van der Waals surface area contributed by atoms with Gasteiger partial charge in [0.2, 0.25) is 0 Å². The van der Waals surface area contributed by atoms with Crippen LogP contribution < -0.4 is 0 Å². The first-order chi connectivity index (χ1) is 26.3. The molecule has 8 heteroatoms. The number of ether oxygens (including phenoxy) is 2. The predicted molar refractivity (Wildman–Crippen MR) is 225 cm³/mol. The van der Waals surface area contributed by atoms with E-state index < -0.39 is 27.0 Å². The Morgan fingerprint density at radius 2 is 0.796 bits per heavy atom. The van der Waals surface area contributed by atoms with Gasteiger partial charge >= 0.3 is 11.9 Å². The van der Waals surface area contributed by atoms with Crippen LogP contribution in [0, 0.1) is 0 Å². The highest BCUT2D eigenvalue weighted by Gasteiger charge is 2.23. The summed E-state index contributed by atoms with van der Waals surface area (Å²) < 4.78 is 43.9. The van der Waals surface area contributed by atoms with Gasteiger partial charge in [-0.25, -0.2) is 9.59 Å². The van der Waals surface area contributed by atoms with E-state index in [1.807, 2.05) is 0 Å². The summed E-state index contributed by atoms with van der Waals surface area (Å²) in [6.07, 6.45) is 45.2. The Bertz CT molecular complexity index is 1240. The molecule has 0 radical (unpaired) electrons. The van der Waals surface area contributed by atoms with Crippen LogP contribution in [0.4, 0.5) is 0 Å². The first kappa shape index (κ1) is 49.6. The van der Waals surface area contributed by atoms with Crippen molar-refractivity contribution in [3.05, 3.63) is 53.6 Å². The molecule has 0 aliphatic rings. The first-order valence-corrected chi connectivity index (χ1v) is 23.5. The molecular formula is C46H78O7S. The number of carbonyl (C=O) groups is 2. The molecule has 1 aromatic carbocycles. The summed E-state index contributed by atoms with van der Waals surface area (Å²) in [4.78, 5) is 25.4. The molecule has 0 bridgehead atoms. The molecule has 0 fully saturated rings. The van der Waals surface area contributed by atoms with Gasteiger partial charge in [-0.2, -0.15) is 8.42 Å². The average molecular weight is 775 g/mol. The Labute approximate surface area is 331 Å². The lowest BCUT2D eigenvalue weighted by Gasteiger charge is -2.11. The van der Waals surface area contributed by atoms with Gasteiger partial charge in [-0.3, -0.25) is 4.55 Å². The molecule has 0 aromatic heterocycles. The lowest BCUT2D eigenvalue weighted by atomic mass is 10.1. The molecule has 0 aliphatic carbocycles. The van der Waals surface area contributed by atoms with Crippen LogP contribution in [0.25, 0.3) is 0 Å². The second-order valence-corrected chi connectivity index (χ2v) is 16.5. The van der Waals surface area contributed by atoms with E-state index in [4.69, 9.17) is 9.47 Å². The monoisotopic (exact) mass is 775 g/mol. The SMILES string of the molecule is CCCCCCCCCC/C=C/CCCCCCCOC(=O)c1ccc(S(=O)(=O)O)cc1C(=O)OCCCCCCC/C=C/CCCCCCCCCC. The first-order valence-electron chi connectivity index (χ1n) is 22.1. The van der Waals surface area contributed by atoms with E-state index in [-0.39, 0.29) is 24.3 Å². The molecule has 0 saturated carbocycles. The summed E-state index contributed by atoms with van der Waals surface area (Å²) in [5, 5.41) is 0. The van der Waals surface area contributed by atoms with Crippen LogP contribution in [0.2, 0.25) is 0 Å². The second-order valence-electron chi connectivity index (χ2n) is 15.0. The van der Waals surface area contributed by atoms with E-state index in [1.54, 1.807) is 0 Å². The highest BCUT2D eigenvalue weighted by atomic mass is 32.2. The van der Waals surface area contributed by atoms with Crippen molar-refractivity contribution in [2.24, 2.45) is 0 Å². The summed E-state index contributed by atoms with van der Waals surface area (Å²) in [6.45, 7) is 4.89. The zero-order chi connectivity index (χ0) is 39.4. The molecule has 0 aliphatic heterocycles. The van der Waals surface area contributed by atoms with Gasteiger partial charge in [-0.15, -0.1) is 0 Å². The van der Waals surface area contributed by atoms with Crippen LogP contribution in [0.5, 0.6) is 0 Å². The van der Waals surface area contributed by atoms with E-state index in [0.29, 0.717) is 12.8 Å². The standard InChI is InChI=1S/C46H78O7S/c1-3-5-7-9-11-13-15-17-19-21-23-25-27-29-31-33-35-39-52-45(47)43-38-37-42(54(49,50)51)41-44(43)46(48)53-40-36-34-32-30-28-26-24-22-20-18-16-14-12-10-8-6-4-2/h21-24,37-38,41H,3-20,25-36,39-40H2,1-2H3,(H,49,50,51)/b23-21+,24-22+. The van der Waals surface area contributed by atoms with Crippen molar-refractivity contribution in [1.29, 1.82) is 0 Å². The quantitative estimate of drug-likeness (QED) is 0.0310. The van der Waals surface area contributed by atoms with Crippen LogP contribution in [0.3, 0.4) is 0 Å². The third kappa shape index (κ3) is 28.0. The Hall–Kier alpha value is -2.45. The molecule has 0 spiro atoms. The van der Waals surface area contributed by atoms with E-state index in [9.17, 15) is 22.6 Å². The summed E-state index contributed by atoms with van der Waals surface area (Å²) >= 11 is 0. The summed E-state index contributed by atoms with van der Waals surface area (Å²) in [7, 11) is -4.57. The summed E-state index contributed by atoms with van der Waals surface area (Å²) in [6, 6.07) is 3.28. The molecule has 1 N–H and O–H groups in total. The lowest BCUT2D eigenvalue weighted by molar-refractivity contribution is 0.0450. The molecule has 54 heavy (non-hydrogen) atoms. The molecular weight excluding hydrogens is 697 g/mol. The number of allylic oxidation sites excluding steroid dienone is 4. The predicted octanol–water partition coefficient (Wildman–Crippen LogP) is 14.1. The number of benzene rings is 1. The van der Waals surface area contributed by atoms with Crippen LogP contribution in [0.15, 0.2) is 47.4 Å². The number of carbonyl (C=O) groups excluding carboxylic acids is 2. The number of hydrogen-bond donors (Lipinski definition) is 1.